The lowest BCUT2D eigenvalue weighted by atomic mass is 9.81. The molecule has 1 aromatic rings. The van der Waals surface area contributed by atoms with Crippen molar-refractivity contribution < 1.29 is 0 Å². The number of unbranched alkanes of at least 4 members (excludes halogenated alkanes) is 1. The van der Waals surface area contributed by atoms with Gasteiger partial charge >= 0.3 is 0 Å². The van der Waals surface area contributed by atoms with Gasteiger partial charge in [0.1, 0.15) is 0 Å². The number of aryl methyl sites for hydroxylation is 2. The van der Waals surface area contributed by atoms with Crippen molar-refractivity contribution in [2.24, 2.45) is 5.73 Å². The van der Waals surface area contributed by atoms with E-state index in [2.05, 4.69) is 53.7 Å². The van der Waals surface area contributed by atoms with E-state index in [1.807, 2.05) is 0 Å². The van der Waals surface area contributed by atoms with Gasteiger partial charge in [-0.15, -0.1) is 0 Å². The molecule has 0 heterocycles. The van der Waals surface area contributed by atoms with E-state index in [0.29, 0.717) is 5.92 Å². The van der Waals surface area contributed by atoms with Crippen molar-refractivity contribution >= 4 is 0 Å². The quantitative estimate of drug-likeness (QED) is 0.755. The van der Waals surface area contributed by atoms with E-state index in [9.17, 15) is 0 Å². The monoisotopic (exact) mass is 261 g/mol. The average molecular weight is 261 g/mol. The van der Waals surface area contributed by atoms with Crippen molar-refractivity contribution in [2.45, 2.75) is 72.1 Å². The second-order valence-electron chi connectivity index (χ2n) is 6.96. The van der Waals surface area contributed by atoms with E-state index in [-0.39, 0.29) is 5.41 Å². The fourth-order valence-corrected chi connectivity index (χ4v) is 2.92. The highest BCUT2D eigenvalue weighted by Gasteiger charge is 2.18. The van der Waals surface area contributed by atoms with E-state index in [0.717, 1.165) is 13.0 Å². The van der Waals surface area contributed by atoms with Gasteiger partial charge in [-0.1, -0.05) is 46.2 Å². The zero-order valence-electron chi connectivity index (χ0n) is 13.6. The molecule has 1 unspecified atom stereocenters. The molecule has 1 heteroatoms. The van der Waals surface area contributed by atoms with Gasteiger partial charge in [-0.2, -0.15) is 0 Å². The van der Waals surface area contributed by atoms with Crippen molar-refractivity contribution in [1.29, 1.82) is 0 Å². The lowest BCUT2D eigenvalue weighted by Crippen LogP contribution is -2.13. The minimum absolute atomic E-state index is 0.233. The van der Waals surface area contributed by atoms with Crippen LogP contribution in [-0.2, 0) is 5.41 Å². The van der Waals surface area contributed by atoms with Gasteiger partial charge in [0.25, 0.3) is 0 Å². The van der Waals surface area contributed by atoms with Crippen molar-refractivity contribution in [2.75, 3.05) is 6.54 Å². The minimum Gasteiger partial charge on any atom is -0.330 e. The molecule has 19 heavy (non-hydrogen) atoms. The summed E-state index contributed by atoms with van der Waals surface area (Å²) in [6, 6.07) is 4.75. The number of hydrogen-bond donors (Lipinski definition) is 1. The van der Waals surface area contributed by atoms with Crippen LogP contribution in [0.15, 0.2) is 12.1 Å². The summed E-state index contributed by atoms with van der Waals surface area (Å²) >= 11 is 0. The van der Waals surface area contributed by atoms with E-state index in [4.69, 9.17) is 5.73 Å². The maximum atomic E-state index is 5.58. The van der Waals surface area contributed by atoms with Gasteiger partial charge in [-0.25, -0.2) is 0 Å². The highest BCUT2D eigenvalue weighted by Crippen LogP contribution is 2.32. The summed E-state index contributed by atoms with van der Waals surface area (Å²) in [7, 11) is 0. The predicted octanol–water partition coefficient (Wildman–Crippen LogP) is 4.83. The van der Waals surface area contributed by atoms with Crippen molar-refractivity contribution in [3.05, 3.63) is 34.4 Å². The number of benzene rings is 1. The minimum atomic E-state index is 0.233. The van der Waals surface area contributed by atoms with Crippen molar-refractivity contribution in [1.82, 2.24) is 0 Å². The Morgan fingerprint density at radius 2 is 1.58 bits per heavy atom. The SMILES string of the molecule is Cc1cc(C(C)(C)C)cc(C)c1C(C)CCCCN. The molecule has 0 saturated carbocycles. The molecule has 108 valence electrons. The molecule has 1 aromatic carbocycles. The van der Waals surface area contributed by atoms with E-state index < -0.39 is 0 Å². The summed E-state index contributed by atoms with van der Waals surface area (Å²) in [6.07, 6.45) is 3.62. The normalized spacial score (nSPS) is 13.6. The van der Waals surface area contributed by atoms with Crippen LogP contribution >= 0.6 is 0 Å². The van der Waals surface area contributed by atoms with E-state index >= 15 is 0 Å². The molecule has 0 aliphatic heterocycles. The molecule has 0 aromatic heterocycles. The van der Waals surface area contributed by atoms with E-state index in [1.54, 1.807) is 5.56 Å². The van der Waals surface area contributed by atoms with Crippen LogP contribution in [0, 0.1) is 13.8 Å². The molecular weight excluding hydrogens is 230 g/mol. The first-order valence-electron chi connectivity index (χ1n) is 7.59. The van der Waals surface area contributed by atoms with Crippen LogP contribution in [-0.4, -0.2) is 6.54 Å². The van der Waals surface area contributed by atoms with E-state index in [1.165, 1.54) is 29.5 Å². The molecule has 0 spiro atoms. The topological polar surface area (TPSA) is 26.0 Å². The lowest BCUT2D eigenvalue weighted by molar-refractivity contribution is 0.583. The first kappa shape index (κ1) is 16.2. The Balaban J connectivity index is 2.97. The van der Waals surface area contributed by atoms with Gasteiger partial charge in [0, 0.05) is 0 Å². The van der Waals surface area contributed by atoms with Crippen LogP contribution in [0.3, 0.4) is 0 Å². The second-order valence-corrected chi connectivity index (χ2v) is 6.96. The average Bonchev–Trinajstić information content (AvgIpc) is 2.27. The summed E-state index contributed by atoms with van der Waals surface area (Å²) in [5.74, 6) is 0.639. The molecule has 0 amide bonds. The summed E-state index contributed by atoms with van der Waals surface area (Å²) in [5, 5.41) is 0. The summed E-state index contributed by atoms with van der Waals surface area (Å²) in [4.78, 5) is 0. The van der Waals surface area contributed by atoms with Crippen molar-refractivity contribution in [3.63, 3.8) is 0 Å². The molecule has 0 bridgehead atoms. The van der Waals surface area contributed by atoms with Gasteiger partial charge < -0.3 is 5.73 Å². The first-order chi connectivity index (χ1) is 8.77. The molecule has 0 radical (unpaired) electrons. The Bertz CT molecular complexity index is 389. The van der Waals surface area contributed by atoms with Gasteiger partial charge in [0.05, 0.1) is 0 Å². The second kappa shape index (κ2) is 6.56. The zero-order valence-corrected chi connectivity index (χ0v) is 13.6. The van der Waals surface area contributed by atoms with Crippen LogP contribution in [0.25, 0.3) is 0 Å². The van der Waals surface area contributed by atoms with Gasteiger partial charge in [0.2, 0.25) is 0 Å². The maximum Gasteiger partial charge on any atom is -0.00773 e. The third kappa shape index (κ3) is 4.35. The molecule has 0 aliphatic rings. The predicted molar refractivity (Wildman–Crippen MR) is 85.9 cm³/mol. The van der Waals surface area contributed by atoms with Crippen molar-refractivity contribution in [3.8, 4) is 0 Å². The molecular formula is C18H31N. The zero-order chi connectivity index (χ0) is 14.6. The molecule has 0 aliphatic carbocycles. The fraction of sp³-hybridized carbons (Fsp3) is 0.667. The molecule has 1 nitrogen and oxygen atoms in total. The van der Waals surface area contributed by atoms with Crippen LogP contribution < -0.4 is 5.73 Å². The van der Waals surface area contributed by atoms with Crippen LogP contribution in [0.1, 0.15) is 75.1 Å². The molecule has 0 saturated heterocycles. The maximum absolute atomic E-state index is 5.58. The molecule has 0 fully saturated rings. The lowest BCUT2D eigenvalue weighted by Gasteiger charge is -2.24. The van der Waals surface area contributed by atoms with Gasteiger partial charge in [0.15, 0.2) is 0 Å². The Morgan fingerprint density at radius 1 is 1.05 bits per heavy atom. The Labute approximate surface area is 119 Å². The fourth-order valence-electron chi connectivity index (χ4n) is 2.92. The number of rotatable bonds is 5. The summed E-state index contributed by atoms with van der Waals surface area (Å²) < 4.78 is 0. The highest BCUT2D eigenvalue weighted by atomic mass is 14.5. The number of nitrogens with two attached hydrogens (primary N) is 1. The van der Waals surface area contributed by atoms with Gasteiger partial charge in [-0.3, -0.25) is 0 Å². The summed E-state index contributed by atoms with van der Waals surface area (Å²) in [5.41, 5.74) is 11.7. The molecule has 1 rings (SSSR count). The Hall–Kier alpha value is -0.820. The summed E-state index contributed by atoms with van der Waals surface area (Å²) in [6.45, 7) is 14.5. The first-order valence-corrected chi connectivity index (χ1v) is 7.59. The third-order valence-corrected chi connectivity index (χ3v) is 4.04. The number of hydrogen-bond acceptors (Lipinski definition) is 1. The van der Waals surface area contributed by atoms with Crippen LogP contribution in [0.2, 0.25) is 0 Å². The van der Waals surface area contributed by atoms with Crippen LogP contribution in [0.5, 0.6) is 0 Å². The molecule has 2 N–H and O–H groups in total. The van der Waals surface area contributed by atoms with Crippen LogP contribution in [0.4, 0.5) is 0 Å². The third-order valence-electron chi connectivity index (χ3n) is 4.04. The smallest absolute Gasteiger partial charge is 0.00773 e. The Kier molecular flexibility index (Phi) is 5.61. The molecule has 1 atom stereocenters. The highest BCUT2D eigenvalue weighted by molar-refractivity contribution is 5.42. The van der Waals surface area contributed by atoms with Gasteiger partial charge in [-0.05, 0) is 66.8 Å². The largest absolute Gasteiger partial charge is 0.330 e. The standard InChI is InChI=1S/C18H31N/c1-13(9-7-8-10-19)17-14(2)11-16(12-15(17)3)18(4,5)6/h11-13H,7-10,19H2,1-6H3. The Morgan fingerprint density at radius 3 is 2.00 bits per heavy atom.